The molecule has 6 nitrogen and oxygen atoms in total. The number of esters is 1. The molecule has 1 aliphatic heterocycles. The van der Waals surface area contributed by atoms with Crippen molar-refractivity contribution in [3.63, 3.8) is 0 Å². The zero-order valence-electron chi connectivity index (χ0n) is 13.8. The fourth-order valence-electron chi connectivity index (χ4n) is 3.16. The molecule has 3 rings (SSSR count). The van der Waals surface area contributed by atoms with Gasteiger partial charge in [-0.25, -0.2) is 9.48 Å². The zero-order valence-corrected chi connectivity index (χ0v) is 13.8. The molecule has 2 aromatic rings. The number of carbonyl (C=O) groups excluding carboxylic acids is 1. The van der Waals surface area contributed by atoms with E-state index in [9.17, 15) is 9.90 Å². The molecule has 1 fully saturated rings. The van der Waals surface area contributed by atoms with E-state index in [0.717, 1.165) is 43.7 Å². The van der Waals surface area contributed by atoms with E-state index >= 15 is 0 Å². The number of methoxy groups -OCH3 is 1. The molecule has 0 radical (unpaired) electrons. The summed E-state index contributed by atoms with van der Waals surface area (Å²) in [4.78, 5) is 13.8. The van der Waals surface area contributed by atoms with Gasteiger partial charge in [0.15, 0.2) is 6.10 Å². The average Bonchev–Trinajstić information content (AvgIpc) is 3.10. The minimum atomic E-state index is -1.00. The van der Waals surface area contributed by atoms with Gasteiger partial charge in [-0.2, -0.15) is 5.10 Å². The maximum atomic E-state index is 11.4. The third kappa shape index (κ3) is 3.83. The van der Waals surface area contributed by atoms with Gasteiger partial charge in [0.25, 0.3) is 0 Å². The number of ether oxygens (including phenoxy) is 1. The highest BCUT2D eigenvalue weighted by Crippen LogP contribution is 2.23. The highest BCUT2D eigenvalue weighted by molar-refractivity contribution is 5.74. The first-order chi connectivity index (χ1) is 11.7. The second-order valence-corrected chi connectivity index (χ2v) is 6.21. The lowest BCUT2D eigenvalue weighted by molar-refractivity contribution is -0.154. The Morgan fingerprint density at radius 2 is 2.04 bits per heavy atom. The van der Waals surface area contributed by atoms with E-state index in [0.29, 0.717) is 0 Å². The van der Waals surface area contributed by atoms with E-state index in [4.69, 9.17) is 0 Å². The van der Waals surface area contributed by atoms with Crippen molar-refractivity contribution in [1.29, 1.82) is 0 Å². The number of aliphatic hydroxyl groups is 1. The minimum Gasteiger partial charge on any atom is -0.467 e. The average molecular weight is 329 g/mol. The molecule has 0 bridgehead atoms. The lowest BCUT2D eigenvalue weighted by atomic mass is 9.91. The molecule has 0 amide bonds. The van der Waals surface area contributed by atoms with Crippen LogP contribution in [0.2, 0.25) is 0 Å². The van der Waals surface area contributed by atoms with Crippen LogP contribution in [0.25, 0.3) is 5.69 Å². The number of carbonyl (C=O) groups is 1. The topological polar surface area (TPSA) is 67.6 Å². The predicted molar refractivity (Wildman–Crippen MR) is 89.6 cm³/mol. The number of piperidine rings is 1. The highest BCUT2D eigenvalue weighted by Gasteiger charge is 2.30. The standard InChI is InChI=1S/C18H23N3O3/c1-24-18(23)17(22)15-7-9-20(10-8-15)12-14-11-19-21(13-14)16-5-3-2-4-6-16/h2-6,11,13,15,17,22H,7-10,12H2,1H3. The highest BCUT2D eigenvalue weighted by atomic mass is 16.5. The third-order valence-electron chi connectivity index (χ3n) is 4.58. The Labute approximate surface area is 141 Å². The SMILES string of the molecule is COC(=O)C(O)C1CCN(Cc2cnn(-c3ccccc3)c2)CC1. The summed E-state index contributed by atoms with van der Waals surface area (Å²) in [5.74, 6) is -0.543. The number of rotatable bonds is 5. The maximum absolute atomic E-state index is 11.4. The summed E-state index contributed by atoms with van der Waals surface area (Å²) in [5.41, 5.74) is 2.20. The second-order valence-electron chi connectivity index (χ2n) is 6.21. The van der Waals surface area contributed by atoms with Crippen LogP contribution < -0.4 is 0 Å². The number of hydrogen-bond donors (Lipinski definition) is 1. The Hall–Kier alpha value is -2.18. The first-order valence-electron chi connectivity index (χ1n) is 8.24. The molecular weight excluding hydrogens is 306 g/mol. The Morgan fingerprint density at radius 3 is 2.71 bits per heavy atom. The summed E-state index contributed by atoms with van der Waals surface area (Å²) in [6, 6.07) is 10.0. The summed E-state index contributed by atoms with van der Waals surface area (Å²) in [5, 5.41) is 14.4. The van der Waals surface area contributed by atoms with Crippen LogP contribution >= 0.6 is 0 Å². The van der Waals surface area contributed by atoms with Crippen molar-refractivity contribution in [3.8, 4) is 5.69 Å². The van der Waals surface area contributed by atoms with Crippen molar-refractivity contribution in [2.75, 3.05) is 20.2 Å². The van der Waals surface area contributed by atoms with Crippen LogP contribution in [-0.2, 0) is 16.1 Å². The van der Waals surface area contributed by atoms with Gasteiger partial charge in [-0.1, -0.05) is 18.2 Å². The molecule has 1 aromatic carbocycles. The van der Waals surface area contributed by atoms with Gasteiger partial charge in [0.2, 0.25) is 0 Å². The van der Waals surface area contributed by atoms with E-state index in [1.807, 2.05) is 47.4 Å². The Kier molecular flexibility index (Phi) is 5.27. The fourth-order valence-corrected chi connectivity index (χ4v) is 3.16. The quantitative estimate of drug-likeness (QED) is 0.844. The van der Waals surface area contributed by atoms with Gasteiger partial charge < -0.3 is 9.84 Å². The molecule has 0 spiro atoms. The number of benzene rings is 1. The molecule has 0 saturated carbocycles. The number of hydrogen-bond acceptors (Lipinski definition) is 5. The van der Waals surface area contributed by atoms with Crippen molar-refractivity contribution in [2.24, 2.45) is 5.92 Å². The first-order valence-corrected chi connectivity index (χ1v) is 8.24. The number of likely N-dealkylation sites (tertiary alicyclic amines) is 1. The van der Waals surface area contributed by atoms with Crippen molar-refractivity contribution in [3.05, 3.63) is 48.3 Å². The summed E-state index contributed by atoms with van der Waals surface area (Å²) in [7, 11) is 1.31. The maximum Gasteiger partial charge on any atom is 0.334 e. The molecule has 1 N–H and O–H groups in total. The van der Waals surface area contributed by atoms with Gasteiger partial charge in [0.1, 0.15) is 0 Å². The number of aromatic nitrogens is 2. The summed E-state index contributed by atoms with van der Waals surface area (Å²) in [6.07, 6.45) is 4.53. The minimum absolute atomic E-state index is 0.0132. The van der Waals surface area contributed by atoms with E-state index in [1.165, 1.54) is 7.11 Å². The normalized spacial score (nSPS) is 17.6. The number of nitrogens with zero attached hydrogens (tertiary/aromatic N) is 3. The van der Waals surface area contributed by atoms with Crippen LogP contribution in [0.15, 0.2) is 42.7 Å². The molecule has 1 aromatic heterocycles. The smallest absolute Gasteiger partial charge is 0.334 e. The Balaban J connectivity index is 1.54. The molecule has 1 unspecified atom stereocenters. The van der Waals surface area contributed by atoms with Crippen molar-refractivity contribution < 1.29 is 14.6 Å². The molecular formula is C18H23N3O3. The molecule has 1 saturated heterocycles. The molecule has 24 heavy (non-hydrogen) atoms. The van der Waals surface area contributed by atoms with Crippen LogP contribution in [0.3, 0.4) is 0 Å². The first kappa shape index (κ1) is 16.7. The molecule has 1 atom stereocenters. The fraction of sp³-hybridized carbons (Fsp3) is 0.444. The van der Waals surface area contributed by atoms with E-state index in [1.54, 1.807) is 0 Å². The predicted octanol–water partition coefficient (Wildman–Crippen LogP) is 1.62. The third-order valence-corrected chi connectivity index (χ3v) is 4.58. The summed E-state index contributed by atoms with van der Waals surface area (Å²) < 4.78 is 6.50. The zero-order chi connectivity index (χ0) is 16.9. The van der Waals surface area contributed by atoms with Gasteiger partial charge in [-0.15, -0.1) is 0 Å². The lowest BCUT2D eigenvalue weighted by Gasteiger charge is -2.33. The second kappa shape index (κ2) is 7.59. The van der Waals surface area contributed by atoms with Crippen LogP contribution in [0.4, 0.5) is 0 Å². The van der Waals surface area contributed by atoms with Gasteiger partial charge >= 0.3 is 5.97 Å². The van der Waals surface area contributed by atoms with Crippen LogP contribution in [0.5, 0.6) is 0 Å². The van der Waals surface area contributed by atoms with Crippen molar-refractivity contribution >= 4 is 5.97 Å². The summed E-state index contributed by atoms with van der Waals surface area (Å²) in [6.45, 7) is 2.54. The van der Waals surface area contributed by atoms with E-state index in [2.05, 4.69) is 14.7 Å². The summed E-state index contributed by atoms with van der Waals surface area (Å²) >= 11 is 0. The van der Waals surface area contributed by atoms with Crippen LogP contribution in [0.1, 0.15) is 18.4 Å². The molecule has 6 heteroatoms. The number of aliphatic hydroxyl groups excluding tert-OH is 1. The van der Waals surface area contributed by atoms with Crippen LogP contribution in [-0.4, -0.2) is 52.1 Å². The van der Waals surface area contributed by atoms with Gasteiger partial charge in [0.05, 0.1) is 19.0 Å². The van der Waals surface area contributed by atoms with Crippen LogP contribution in [0, 0.1) is 5.92 Å². The molecule has 1 aliphatic rings. The van der Waals surface area contributed by atoms with Crippen molar-refractivity contribution in [1.82, 2.24) is 14.7 Å². The monoisotopic (exact) mass is 329 g/mol. The molecule has 128 valence electrons. The number of para-hydroxylation sites is 1. The van der Waals surface area contributed by atoms with Gasteiger partial charge in [-0.05, 0) is 44.0 Å². The van der Waals surface area contributed by atoms with E-state index in [-0.39, 0.29) is 5.92 Å². The lowest BCUT2D eigenvalue weighted by Crippen LogP contribution is -2.40. The Bertz CT molecular complexity index is 663. The largest absolute Gasteiger partial charge is 0.467 e. The Morgan fingerprint density at radius 1 is 1.33 bits per heavy atom. The van der Waals surface area contributed by atoms with Crippen molar-refractivity contribution in [2.45, 2.75) is 25.5 Å². The van der Waals surface area contributed by atoms with Gasteiger partial charge in [0, 0.05) is 18.3 Å². The van der Waals surface area contributed by atoms with E-state index < -0.39 is 12.1 Å². The molecule has 0 aliphatic carbocycles. The molecule has 2 heterocycles. The van der Waals surface area contributed by atoms with Gasteiger partial charge in [-0.3, -0.25) is 4.90 Å².